The van der Waals surface area contributed by atoms with E-state index in [1.807, 2.05) is 18.2 Å². The molecular weight excluding hydrogens is 294 g/mol. The molecule has 2 aromatic rings. The highest BCUT2D eigenvalue weighted by atomic mass is 16.5. The molecule has 2 N–H and O–H groups in total. The summed E-state index contributed by atoms with van der Waals surface area (Å²) in [5.74, 6) is 1.64. The number of anilines is 1. The molecule has 0 unspecified atom stereocenters. The highest BCUT2D eigenvalue weighted by Gasteiger charge is 2.30. The number of ether oxygens (including phenoxy) is 2. The summed E-state index contributed by atoms with van der Waals surface area (Å²) in [5.41, 5.74) is 8.76. The zero-order chi connectivity index (χ0) is 16.6. The van der Waals surface area contributed by atoms with Crippen molar-refractivity contribution in [3.05, 3.63) is 40.7 Å². The third-order valence-corrected chi connectivity index (χ3v) is 4.21. The smallest absolute Gasteiger partial charge is 0.220 e. The summed E-state index contributed by atoms with van der Waals surface area (Å²) in [6.07, 6.45) is 1.08. The number of carbonyl (C=O) groups is 1. The Balaban J connectivity index is 1.99. The predicted molar refractivity (Wildman–Crippen MR) is 86.1 cm³/mol. The molecule has 23 heavy (non-hydrogen) atoms. The van der Waals surface area contributed by atoms with E-state index in [-0.39, 0.29) is 17.6 Å². The normalized spacial score (nSPS) is 16.8. The summed E-state index contributed by atoms with van der Waals surface area (Å²) in [7, 11) is 3.20. The molecule has 0 fully saturated rings. The fraction of sp³-hybridized carbons (Fsp3) is 0.353. The summed E-state index contributed by atoms with van der Waals surface area (Å²) >= 11 is 0. The van der Waals surface area contributed by atoms with E-state index in [9.17, 15) is 4.79 Å². The van der Waals surface area contributed by atoms with Crippen LogP contribution in [0.4, 0.5) is 5.95 Å². The first-order chi connectivity index (χ1) is 11.0. The third kappa shape index (κ3) is 2.72. The predicted octanol–water partition coefficient (Wildman–Crippen LogP) is 2.30. The van der Waals surface area contributed by atoms with Gasteiger partial charge in [-0.15, -0.1) is 0 Å². The standard InChI is InChI=1S/C17H19N3O3/c1-9-16-12(20-17(18)19-9)6-11(7-13(16)21)10-4-5-14(22-2)15(8-10)23-3/h4-5,8,11H,6-7H2,1-3H3,(H2,18,19,20)/t11-/m0/s1. The van der Waals surface area contributed by atoms with Crippen molar-refractivity contribution >= 4 is 11.7 Å². The van der Waals surface area contributed by atoms with E-state index in [0.717, 1.165) is 11.3 Å². The molecule has 6 heteroatoms. The van der Waals surface area contributed by atoms with Crippen LogP contribution in [0.5, 0.6) is 11.5 Å². The molecule has 1 heterocycles. The molecule has 1 aromatic heterocycles. The Morgan fingerprint density at radius 1 is 1.13 bits per heavy atom. The quantitative estimate of drug-likeness (QED) is 0.935. The van der Waals surface area contributed by atoms with Gasteiger partial charge < -0.3 is 15.2 Å². The Labute approximate surface area is 134 Å². The van der Waals surface area contributed by atoms with Crippen LogP contribution in [-0.2, 0) is 6.42 Å². The molecular formula is C17H19N3O3. The second-order valence-corrected chi connectivity index (χ2v) is 5.63. The highest BCUT2D eigenvalue weighted by Crippen LogP contribution is 2.37. The lowest BCUT2D eigenvalue weighted by Crippen LogP contribution is -2.23. The molecule has 1 atom stereocenters. The maximum atomic E-state index is 12.5. The van der Waals surface area contributed by atoms with Gasteiger partial charge in [-0.3, -0.25) is 4.79 Å². The van der Waals surface area contributed by atoms with E-state index in [0.29, 0.717) is 35.6 Å². The first-order valence-corrected chi connectivity index (χ1v) is 7.41. The van der Waals surface area contributed by atoms with Gasteiger partial charge >= 0.3 is 0 Å². The number of nitrogen functional groups attached to an aromatic ring is 1. The van der Waals surface area contributed by atoms with Crippen LogP contribution in [0.3, 0.4) is 0 Å². The molecule has 120 valence electrons. The van der Waals surface area contributed by atoms with Gasteiger partial charge in [0.15, 0.2) is 17.3 Å². The Bertz CT molecular complexity index is 774. The number of nitrogens with zero attached hydrogens (tertiary/aromatic N) is 2. The number of ketones is 1. The zero-order valence-electron chi connectivity index (χ0n) is 13.4. The molecule has 0 spiro atoms. The summed E-state index contributed by atoms with van der Waals surface area (Å²) in [5, 5.41) is 0. The topological polar surface area (TPSA) is 87.3 Å². The van der Waals surface area contributed by atoms with Crippen molar-refractivity contribution in [3.63, 3.8) is 0 Å². The molecule has 0 aliphatic heterocycles. The molecule has 0 bridgehead atoms. The number of nitrogens with two attached hydrogens (primary N) is 1. The molecule has 3 rings (SSSR count). The van der Waals surface area contributed by atoms with Crippen molar-refractivity contribution in [3.8, 4) is 11.5 Å². The van der Waals surface area contributed by atoms with E-state index in [4.69, 9.17) is 15.2 Å². The monoisotopic (exact) mass is 313 g/mol. The molecule has 6 nitrogen and oxygen atoms in total. The van der Waals surface area contributed by atoms with Crippen LogP contribution in [-0.4, -0.2) is 30.0 Å². The van der Waals surface area contributed by atoms with Crippen LogP contribution in [0.25, 0.3) is 0 Å². The largest absolute Gasteiger partial charge is 0.493 e. The molecule has 1 aliphatic rings. The average Bonchev–Trinajstić information content (AvgIpc) is 2.52. The van der Waals surface area contributed by atoms with E-state index in [1.165, 1.54) is 0 Å². The van der Waals surface area contributed by atoms with Crippen molar-refractivity contribution in [2.75, 3.05) is 20.0 Å². The number of hydrogen-bond donors (Lipinski definition) is 1. The Morgan fingerprint density at radius 3 is 2.57 bits per heavy atom. The summed E-state index contributed by atoms with van der Waals surface area (Å²) in [4.78, 5) is 20.9. The maximum absolute atomic E-state index is 12.5. The number of rotatable bonds is 3. The number of benzene rings is 1. The number of aromatic nitrogens is 2. The van der Waals surface area contributed by atoms with Gasteiger partial charge in [0.25, 0.3) is 0 Å². The highest BCUT2D eigenvalue weighted by molar-refractivity contribution is 5.99. The summed E-state index contributed by atoms with van der Waals surface area (Å²) < 4.78 is 10.6. The van der Waals surface area contributed by atoms with Gasteiger partial charge in [-0.25, -0.2) is 9.97 Å². The number of aryl methyl sites for hydroxylation is 1. The number of fused-ring (bicyclic) bond motifs is 1. The van der Waals surface area contributed by atoms with Gasteiger partial charge in [0.2, 0.25) is 5.95 Å². The first-order valence-electron chi connectivity index (χ1n) is 7.41. The summed E-state index contributed by atoms with van der Waals surface area (Å²) in [6.45, 7) is 1.80. The van der Waals surface area contributed by atoms with Gasteiger partial charge in [0, 0.05) is 6.42 Å². The Hall–Kier alpha value is -2.63. The molecule has 0 saturated carbocycles. The van der Waals surface area contributed by atoms with Gasteiger partial charge in [-0.05, 0) is 37.0 Å². The van der Waals surface area contributed by atoms with Crippen LogP contribution in [0, 0.1) is 6.92 Å². The molecule has 0 amide bonds. The van der Waals surface area contributed by atoms with Crippen LogP contribution in [0.2, 0.25) is 0 Å². The van der Waals surface area contributed by atoms with Gasteiger partial charge in [0.1, 0.15) is 0 Å². The van der Waals surface area contributed by atoms with E-state index in [2.05, 4.69) is 9.97 Å². The first kappa shape index (κ1) is 15.3. The number of Topliss-reactive ketones (excluding diaryl/α,β-unsaturated/α-hetero) is 1. The van der Waals surface area contributed by atoms with E-state index in [1.54, 1.807) is 21.1 Å². The van der Waals surface area contributed by atoms with E-state index < -0.39 is 0 Å². The third-order valence-electron chi connectivity index (χ3n) is 4.21. The molecule has 1 aromatic carbocycles. The fourth-order valence-corrected chi connectivity index (χ4v) is 3.14. The van der Waals surface area contributed by atoms with Crippen molar-refractivity contribution in [1.82, 2.24) is 9.97 Å². The minimum absolute atomic E-state index is 0.0449. The maximum Gasteiger partial charge on any atom is 0.220 e. The lowest BCUT2D eigenvalue weighted by Gasteiger charge is -2.24. The minimum Gasteiger partial charge on any atom is -0.493 e. The zero-order valence-corrected chi connectivity index (χ0v) is 13.4. The second-order valence-electron chi connectivity index (χ2n) is 5.63. The van der Waals surface area contributed by atoms with Crippen molar-refractivity contribution in [1.29, 1.82) is 0 Å². The lowest BCUT2D eigenvalue weighted by atomic mass is 9.81. The molecule has 1 aliphatic carbocycles. The van der Waals surface area contributed by atoms with Crippen molar-refractivity contribution < 1.29 is 14.3 Å². The fourth-order valence-electron chi connectivity index (χ4n) is 3.14. The minimum atomic E-state index is 0.0449. The average molecular weight is 313 g/mol. The van der Waals surface area contributed by atoms with E-state index >= 15 is 0 Å². The second kappa shape index (κ2) is 5.87. The van der Waals surface area contributed by atoms with Crippen LogP contribution in [0.15, 0.2) is 18.2 Å². The van der Waals surface area contributed by atoms with Gasteiger partial charge in [-0.2, -0.15) is 0 Å². The van der Waals surface area contributed by atoms with Crippen molar-refractivity contribution in [2.24, 2.45) is 0 Å². The SMILES string of the molecule is COc1ccc([C@@H]2CC(=O)c3c(C)nc(N)nc3C2)cc1OC. The Kier molecular flexibility index (Phi) is 3.90. The summed E-state index contributed by atoms with van der Waals surface area (Å²) in [6, 6.07) is 5.73. The number of methoxy groups -OCH3 is 2. The van der Waals surface area contributed by atoms with Gasteiger partial charge in [-0.1, -0.05) is 6.07 Å². The Morgan fingerprint density at radius 2 is 1.87 bits per heavy atom. The molecule has 0 radical (unpaired) electrons. The van der Waals surface area contributed by atoms with Crippen LogP contribution in [0.1, 0.15) is 39.6 Å². The molecule has 0 saturated heterocycles. The lowest BCUT2D eigenvalue weighted by molar-refractivity contribution is 0.0962. The van der Waals surface area contributed by atoms with Crippen LogP contribution >= 0.6 is 0 Å². The van der Waals surface area contributed by atoms with Crippen LogP contribution < -0.4 is 15.2 Å². The number of carbonyl (C=O) groups excluding carboxylic acids is 1. The van der Waals surface area contributed by atoms with Gasteiger partial charge in [0.05, 0.1) is 31.2 Å². The van der Waals surface area contributed by atoms with Crippen molar-refractivity contribution in [2.45, 2.75) is 25.7 Å². The number of hydrogen-bond acceptors (Lipinski definition) is 6.